The number of hydrogen-bond donors (Lipinski definition) is 2. The van der Waals surface area contributed by atoms with Gasteiger partial charge in [0.1, 0.15) is 5.82 Å². The lowest BCUT2D eigenvalue weighted by molar-refractivity contribution is 0.315. The van der Waals surface area contributed by atoms with Gasteiger partial charge in [0.15, 0.2) is 0 Å². The molecule has 1 aliphatic rings. The van der Waals surface area contributed by atoms with Crippen LogP contribution in [0.3, 0.4) is 0 Å². The van der Waals surface area contributed by atoms with E-state index in [9.17, 15) is 0 Å². The highest BCUT2D eigenvalue weighted by atomic mass is 16.4. The second kappa shape index (κ2) is 7.74. The summed E-state index contributed by atoms with van der Waals surface area (Å²) in [5.41, 5.74) is 5.64. The molecule has 138 valence electrons. The minimum atomic E-state index is 0.239. The van der Waals surface area contributed by atoms with Crippen molar-refractivity contribution in [2.24, 2.45) is 11.1 Å². The normalized spacial score (nSPS) is 19.4. The number of H-pyrrole nitrogens is 1. The van der Waals surface area contributed by atoms with Crippen LogP contribution in [0.15, 0.2) is 60.1 Å². The highest BCUT2D eigenvalue weighted by Crippen LogP contribution is 2.28. The summed E-state index contributed by atoms with van der Waals surface area (Å²) in [4.78, 5) is 12.0. The van der Waals surface area contributed by atoms with Crippen molar-refractivity contribution in [2.45, 2.75) is 38.5 Å². The largest absolute Gasteiger partial charge is 0.411 e. The van der Waals surface area contributed by atoms with Crippen molar-refractivity contribution in [3.05, 3.63) is 71.8 Å². The first-order valence-electron chi connectivity index (χ1n) is 9.49. The van der Waals surface area contributed by atoms with Crippen molar-refractivity contribution in [2.75, 3.05) is 0 Å². The number of aromatic amines is 1. The van der Waals surface area contributed by atoms with Gasteiger partial charge in [-0.1, -0.05) is 36.3 Å². The van der Waals surface area contributed by atoms with Crippen molar-refractivity contribution in [3.63, 3.8) is 0 Å². The molecule has 4 rings (SSSR count). The molecule has 0 spiro atoms. The Morgan fingerprint density at radius 2 is 1.96 bits per heavy atom. The van der Waals surface area contributed by atoms with Crippen LogP contribution in [0.2, 0.25) is 0 Å². The van der Waals surface area contributed by atoms with Gasteiger partial charge < -0.3 is 10.2 Å². The van der Waals surface area contributed by atoms with E-state index in [-0.39, 0.29) is 5.92 Å². The van der Waals surface area contributed by atoms with Crippen LogP contribution in [0.25, 0.3) is 11.4 Å². The number of oxime groups is 1. The zero-order chi connectivity index (χ0) is 18.6. The van der Waals surface area contributed by atoms with Gasteiger partial charge in [0.25, 0.3) is 0 Å². The maximum absolute atomic E-state index is 9.12. The number of nitrogens with zero attached hydrogens (tertiary/aromatic N) is 3. The fourth-order valence-corrected chi connectivity index (χ4v) is 3.87. The molecule has 1 aliphatic carbocycles. The van der Waals surface area contributed by atoms with Crippen molar-refractivity contribution in [3.8, 4) is 11.4 Å². The molecule has 2 unspecified atom stereocenters. The van der Waals surface area contributed by atoms with Crippen LogP contribution in [0, 0.1) is 5.92 Å². The Bertz CT molecular complexity index is 915. The number of imidazole rings is 1. The Hall–Kier alpha value is -2.95. The molecule has 5 heteroatoms. The summed E-state index contributed by atoms with van der Waals surface area (Å²) >= 11 is 0. The van der Waals surface area contributed by atoms with Gasteiger partial charge in [0.05, 0.1) is 5.71 Å². The molecule has 1 aromatic carbocycles. The van der Waals surface area contributed by atoms with Crippen molar-refractivity contribution >= 4 is 5.71 Å². The minimum Gasteiger partial charge on any atom is -0.411 e. The van der Waals surface area contributed by atoms with Crippen molar-refractivity contribution in [1.82, 2.24) is 15.0 Å². The third kappa shape index (κ3) is 3.77. The van der Waals surface area contributed by atoms with Gasteiger partial charge in [0.2, 0.25) is 0 Å². The van der Waals surface area contributed by atoms with E-state index in [4.69, 9.17) is 5.21 Å². The standard InChI is InChI=1S/C22H24N4O/c1-15(21-14-24-22(25-21)18-9-11-23-12-10-18)17-7-5-16(6-8-17)13-19-3-2-4-20(19)26-27/h5-12,14-15,19,27H,2-4,13H2,1H3,(H,24,25). The van der Waals surface area contributed by atoms with Crippen LogP contribution < -0.4 is 0 Å². The second-order valence-corrected chi connectivity index (χ2v) is 7.27. The van der Waals surface area contributed by atoms with E-state index in [1.807, 2.05) is 18.3 Å². The molecule has 0 saturated heterocycles. The lowest BCUT2D eigenvalue weighted by atomic mass is 9.93. The quantitative estimate of drug-likeness (QED) is 0.507. The van der Waals surface area contributed by atoms with Gasteiger partial charge in [-0.25, -0.2) is 4.98 Å². The van der Waals surface area contributed by atoms with Crippen LogP contribution in [-0.2, 0) is 6.42 Å². The number of benzene rings is 1. The van der Waals surface area contributed by atoms with Gasteiger partial charge in [-0.05, 0) is 48.9 Å². The van der Waals surface area contributed by atoms with Gasteiger partial charge in [-0.15, -0.1) is 0 Å². The molecule has 3 aromatic rings. The molecule has 2 atom stereocenters. The third-order valence-corrected chi connectivity index (χ3v) is 5.56. The number of nitrogens with one attached hydrogen (secondary N) is 1. The number of rotatable bonds is 5. The van der Waals surface area contributed by atoms with E-state index >= 15 is 0 Å². The van der Waals surface area contributed by atoms with E-state index in [1.165, 1.54) is 11.1 Å². The molecule has 0 bridgehead atoms. The van der Waals surface area contributed by atoms with Crippen LogP contribution in [0.1, 0.15) is 48.9 Å². The van der Waals surface area contributed by atoms with Gasteiger partial charge >= 0.3 is 0 Å². The lowest BCUT2D eigenvalue weighted by Crippen LogP contribution is -2.10. The molecule has 0 amide bonds. The molecule has 5 nitrogen and oxygen atoms in total. The predicted molar refractivity (Wildman–Crippen MR) is 106 cm³/mol. The summed E-state index contributed by atoms with van der Waals surface area (Å²) in [5.74, 6) is 1.49. The molecule has 0 radical (unpaired) electrons. The first-order chi connectivity index (χ1) is 13.2. The molecule has 27 heavy (non-hydrogen) atoms. The van der Waals surface area contributed by atoms with Crippen molar-refractivity contribution < 1.29 is 5.21 Å². The molecule has 2 heterocycles. The Labute approximate surface area is 159 Å². The average molecular weight is 360 g/mol. The zero-order valence-corrected chi connectivity index (χ0v) is 15.5. The number of pyridine rings is 1. The monoisotopic (exact) mass is 360 g/mol. The van der Waals surface area contributed by atoms with E-state index in [2.05, 4.69) is 51.3 Å². The van der Waals surface area contributed by atoms with Gasteiger partial charge in [-0.3, -0.25) is 4.98 Å². The minimum absolute atomic E-state index is 0.239. The molecule has 2 N–H and O–H groups in total. The highest BCUT2D eigenvalue weighted by Gasteiger charge is 2.23. The Morgan fingerprint density at radius 1 is 1.19 bits per heavy atom. The second-order valence-electron chi connectivity index (χ2n) is 7.27. The fraction of sp³-hybridized carbons (Fsp3) is 0.318. The summed E-state index contributed by atoms with van der Waals surface area (Å²) in [5, 5.41) is 12.6. The molecule has 2 aromatic heterocycles. The SMILES string of the molecule is CC(c1ccc(CC2CCCC2=NO)cc1)c1cnc(-c2ccncc2)[nH]1. The van der Waals surface area contributed by atoms with Crippen LogP contribution in [-0.4, -0.2) is 25.9 Å². The predicted octanol–water partition coefficient (Wildman–Crippen LogP) is 4.80. The Balaban J connectivity index is 1.46. The molecular weight excluding hydrogens is 336 g/mol. The maximum atomic E-state index is 9.12. The van der Waals surface area contributed by atoms with E-state index in [1.54, 1.807) is 12.4 Å². The van der Waals surface area contributed by atoms with Gasteiger partial charge in [-0.2, -0.15) is 0 Å². The summed E-state index contributed by atoms with van der Waals surface area (Å²) in [7, 11) is 0. The zero-order valence-electron chi connectivity index (χ0n) is 15.5. The average Bonchev–Trinajstić information content (AvgIpc) is 3.38. The Morgan fingerprint density at radius 3 is 2.70 bits per heavy atom. The first kappa shape index (κ1) is 17.5. The van der Waals surface area contributed by atoms with E-state index in [0.717, 1.165) is 48.5 Å². The molecule has 1 saturated carbocycles. The van der Waals surface area contributed by atoms with Crippen molar-refractivity contribution in [1.29, 1.82) is 0 Å². The third-order valence-electron chi connectivity index (χ3n) is 5.56. The summed E-state index contributed by atoms with van der Waals surface area (Å²) in [6, 6.07) is 12.7. The van der Waals surface area contributed by atoms with Crippen LogP contribution in [0.5, 0.6) is 0 Å². The summed E-state index contributed by atoms with van der Waals surface area (Å²) in [6.45, 7) is 2.19. The topological polar surface area (TPSA) is 74.2 Å². The van der Waals surface area contributed by atoms with E-state index in [0.29, 0.717) is 5.92 Å². The van der Waals surface area contributed by atoms with Crippen LogP contribution >= 0.6 is 0 Å². The number of hydrogen-bond acceptors (Lipinski definition) is 4. The van der Waals surface area contributed by atoms with Crippen LogP contribution in [0.4, 0.5) is 0 Å². The summed E-state index contributed by atoms with van der Waals surface area (Å²) < 4.78 is 0. The molecule has 0 aliphatic heterocycles. The maximum Gasteiger partial charge on any atom is 0.137 e. The van der Waals surface area contributed by atoms with E-state index < -0.39 is 0 Å². The summed E-state index contributed by atoms with van der Waals surface area (Å²) in [6.07, 6.45) is 9.58. The molecular formula is C22H24N4O. The smallest absolute Gasteiger partial charge is 0.137 e. The first-order valence-corrected chi connectivity index (χ1v) is 9.49. The van der Waals surface area contributed by atoms with Gasteiger partial charge in [0, 0.05) is 41.7 Å². The Kier molecular flexibility index (Phi) is 5.01. The molecule has 1 fully saturated rings. The number of aromatic nitrogens is 3. The lowest BCUT2D eigenvalue weighted by Gasteiger charge is -2.13. The highest BCUT2D eigenvalue weighted by molar-refractivity contribution is 5.88. The fourth-order valence-electron chi connectivity index (χ4n) is 3.87.